The Hall–Kier alpha value is -0.790. The normalized spacial score (nSPS) is 15.2. The molecule has 0 aromatic heterocycles. The molecule has 0 fully saturated rings. The number of hydrogen-bond acceptors (Lipinski definition) is 1. The summed E-state index contributed by atoms with van der Waals surface area (Å²) in [4.78, 5) is 10.8. The molecular formula is C10H18O2. The topological polar surface area (TPSA) is 37.3 Å². The van der Waals surface area contributed by atoms with E-state index in [1.165, 1.54) is 0 Å². The summed E-state index contributed by atoms with van der Waals surface area (Å²) in [5, 5.41) is 8.85. The van der Waals surface area contributed by atoms with Gasteiger partial charge in [0, 0.05) is 0 Å². The van der Waals surface area contributed by atoms with Crippen molar-refractivity contribution in [3.63, 3.8) is 0 Å². The Bertz CT molecular complexity index is 152. The van der Waals surface area contributed by atoms with Crippen molar-refractivity contribution >= 4 is 5.97 Å². The molecule has 0 spiro atoms. The Balaban J connectivity index is 4.03. The van der Waals surface area contributed by atoms with Crippen LogP contribution in [-0.2, 0) is 4.79 Å². The molecule has 0 saturated carbocycles. The first-order valence-electron chi connectivity index (χ1n) is 4.48. The van der Waals surface area contributed by atoms with Gasteiger partial charge in [0.25, 0.3) is 0 Å². The molecule has 12 heavy (non-hydrogen) atoms. The average Bonchev–Trinajstić information content (AvgIpc) is 2.04. The predicted octanol–water partition coefficient (Wildman–Crippen LogP) is 2.70. The maximum Gasteiger partial charge on any atom is 0.307 e. The van der Waals surface area contributed by atoms with Crippen molar-refractivity contribution in [2.45, 2.75) is 33.1 Å². The smallest absolute Gasteiger partial charge is 0.307 e. The van der Waals surface area contributed by atoms with Crippen LogP contribution in [0.3, 0.4) is 0 Å². The van der Waals surface area contributed by atoms with E-state index >= 15 is 0 Å². The molecule has 2 atom stereocenters. The van der Waals surface area contributed by atoms with E-state index in [1.807, 2.05) is 6.92 Å². The van der Waals surface area contributed by atoms with Gasteiger partial charge in [0.05, 0.1) is 5.92 Å². The highest BCUT2D eigenvalue weighted by Crippen LogP contribution is 2.19. The van der Waals surface area contributed by atoms with Gasteiger partial charge in [0.15, 0.2) is 0 Å². The fraction of sp³-hybridized carbons (Fsp3) is 0.700. The van der Waals surface area contributed by atoms with E-state index in [-0.39, 0.29) is 11.8 Å². The molecule has 0 aliphatic carbocycles. The van der Waals surface area contributed by atoms with Crippen molar-refractivity contribution in [3.8, 4) is 0 Å². The summed E-state index contributed by atoms with van der Waals surface area (Å²) in [6.45, 7) is 7.58. The minimum absolute atomic E-state index is 0.0778. The zero-order valence-electron chi connectivity index (χ0n) is 7.92. The van der Waals surface area contributed by atoms with Gasteiger partial charge < -0.3 is 5.11 Å². The second-order valence-electron chi connectivity index (χ2n) is 3.18. The van der Waals surface area contributed by atoms with Crippen LogP contribution in [0, 0.1) is 11.8 Å². The number of carboxylic acids is 1. The van der Waals surface area contributed by atoms with Crippen molar-refractivity contribution in [1.29, 1.82) is 0 Å². The lowest BCUT2D eigenvalue weighted by atomic mass is 9.89. The molecular weight excluding hydrogens is 152 g/mol. The van der Waals surface area contributed by atoms with E-state index in [0.717, 1.165) is 19.3 Å². The van der Waals surface area contributed by atoms with Crippen LogP contribution in [0.25, 0.3) is 0 Å². The molecule has 70 valence electrons. The van der Waals surface area contributed by atoms with Gasteiger partial charge in [-0.2, -0.15) is 0 Å². The molecule has 0 aliphatic rings. The second-order valence-corrected chi connectivity index (χ2v) is 3.18. The van der Waals surface area contributed by atoms with Crippen LogP contribution >= 0.6 is 0 Å². The van der Waals surface area contributed by atoms with Crippen LogP contribution in [0.1, 0.15) is 33.1 Å². The first-order chi connectivity index (χ1) is 5.63. The molecule has 0 saturated heterocycles. The zero-order valence-corrected chi connectivity index (χ0v) is 7.92. The first kappa shape index (κ1) is 11.2. The van der Waals surface area contributed by atoms with Crippen LogP contribution in [0.4, 0.5) is 0 Å². The quantitative estimate of drug-likeness (QED) is 0.622. The average molecular weight is 170 g/mol. The minimum atomic E-state index is -0.698. The highest BCUT2D eigenvalue weighted by Gasteiger charge is 2.21. The SMILES string of the molecule is C=CC(C)C(CCCC)C(=O)O. The number of carbonyl (C=O) groups is 1. The number of allylic oxidation sites excluding steroid dienone is 1. The lowest BCUT2D eigenvalue weighted by molar-refractivity contribution is -0.143. The molecule has 0 bridgehead atoms. The van der Waals surface area contributed by atoms with Gasteiger partial charge in [-0.05, 0) is 12.3 Å². The van der Waals surface area contributed by atoms with Gasteiger partial charge in [-0.15, -0.1) is 6.58 Å². The van der Waals surface area contributed by atoms with Gasteiger partial charge in [-0.3, -0.25) is 4.79 Å². The van der Waals surface area contributed by atoms with E-state index in [9.17, 15) is 4.79 Å². The summed E-state index contributed by atoms with van der Waals surface area (Å²) in [7, 11) is 0. The molecule has 2 nitrogen and oxygen atoms in total. The number of aliphatic carboxylic acids is 1. The lowest BCUT2D eigenvalue weighted by Crippen LogP contribution is -2.20. The maximum absolute atomic E-state index is 10.8. The molecule has 1 N–H and O–H groups in total. The number of unbranched alkanes of at least 4 members (excludes halogenated alkanes) is 1. The van der Waals surface area contributed by atoms with Crippen LogP contribution in [0.2, 0.25) is 0 Å². The van der Waals surface area contributed by atoms with Crippen LogP contribution < -0.4 is 0 Å². The summed E-state index contributed by atoms with van der Waals surface area (Å²) in [6.07, 6.45) is 4.51. The third kappa shape index (κ3) is 3.56. The Morgan fingerprint density at radius 3 is 2.58 bits per heavy atom. The van der Waals surface area contributed by atoms with E-state index in [0.29, 0.717) is 0 Å². The molecule has 2 unspecified atom stereocenters. The highest BCUT2D eigenvalue weighted by molar-refractivity contribution is 5.70. The van der Waals surface area contributed by atoms with Gasteiger partial charge >= 0.3 is 5.97 Å². The van der Waals surface area contributed by atoms with Crippen LogP contribution in [-0.4, -0.2) is 11.1 Å². The molecule has 2 heteroatoms. The summed E-state index contributed by atoms with van der Waals surface area (Å²) in [5.74, 6) is -0.868. The third-order valence-electron chi connectivity index (χ3n) is 2.19. The number of hydrogen-bond donors (Lipinski definition) is 1. The van der Waals surface area contributed by atoms with Crippen molar-refractivity contribution in [2.75, 3.05) is 0 Å². The Morgan fingerprint density at radius 1 is 1.67 bits per heavy atom. The van der Waals surface area contributed by atoms with Crippen molar-refractivity contribution in [3.05, 3.63) is 12.7 Å². The first-order valence-corrected chi connectivity index (χ1v) is 4.48. The van der Waals surface area contributed by atoms with Gasteiger partial charge in [0.2, 0.25) is 0 Å². The summed E-state index contributed by atoms with van der Waals surface area (Å²) in [6, 6.07) is 0. The maximum atomic E-state index is 10.8. The molecule has 0 aromatic rings. The number of rotatable bonds is 6. The van der Waals surface area contributed by atoms with Gasteiger partial charge in [0.1, 0.15) is 0 Å². The van der Waals surface area contributed by atoms with Gasteiger partial charge in [-0.25, -0.2) is 0 Å². The largest absolute Gasteiger partial charge is 0.481 e. The summed E-state index contributed by atoms with van der Waals surface area (Å²) < 4.78 is 0. The Kier molecular flexibility index (Phi) is 5.43. The fourth-order valence-corrected chi connectivity index (χ4v) is 1.20. The van der Waals surface area contributed by atoms with Crippen LogP contribution in [0.15, 0.2) is 12.7 Å². The standard InChI is InChI=1S/C10H18O2/c1-4-6-7-9(10(11)12)8(3)5-2/h5,8-9H,2,4,6-7H2,1,3H3,(H,11,12). The van der Waals surface area contributed by atoms with E-state index in [4.69, 9.17) is 5.11 Å². The molecule has 0 amide bonds. The van der Waals surface area contributed by atoms with Crippen molar-refractivity contribution in [1.82, 2.24) is 0 Å². The monoisotopic (exact) mass is 170 g/mol. The predicted molar refractivity (Wildman–Crippen MR) is 50.0 cm³/mol. The molecule has 0 rings (SSSR count). The zero-order chi connectivity index (χ0) is 9.56. The Morgan fingerprint density at radius 2 is 2.25 bits per heavy atom. The molecule has 0 radical (unpaired) electrons. The molecule has 0 heterocycles. The van der Waals surface area contributed by atoms with Crippen LogP contribution in [0.5, 0.6) is 0 Å². The second kappa shape index (κ2) is 5.81. The van der Waals surface area contributed by atoms with E-state index in [1.54, 1.807) is 6.08 Å². The van der Waals surface area contributed by atoms with E-state index in [2.05, 4.69) is 13.5 Å². The summed E-state index contributed by atoms with van der Waals surface area (Å²) >= 11 is 0. The molecule has 0 aliphatic heterocycles. The Labute approximate surface area is 74.3 Å². The third-order valence-corrected chi connectivity index (χ3v) is 2.19. The molecule has 0 aromatic carbocycles. The minimum Gasteiger partial charge on any atom is -0.481 e. The van der Waals surface area contributed by atoms with E-state index < -0.39 is 5.97 Å². The highest BCUT2D eigenvalue weighted by atomic mass is 16.4. The van der Waals surface area contributed by atoms with Gasteiger partial charge in [-0.1, -0.05) is 32.8 Å². The van der Waals surface area contributed by atoms with Crippen molar-refractivity contribution < 1.29 is 9.90 Å². The lowest BCUT2D eigenvalue weighted by Gasteiger charge is -2.15. The summed E-state index contributed by atoms with van der Waals surface area (Å²) in [5.41, 5.74) is 0. The van der Waals surface area contributed by atoms with Crippen molar-refractivity contribution in [2.24, 2.45) is 11.8 Å². The number of carboxylic acid groups (broad SMARTS) is 1. The fourth-order valence-electron chi connectivity index (χ4n) is 1.20.